The van der Waals surface area contributed by atoms with Gasteiger partial charge in [-0.3, -0.25) is 0 Å². The second-order valence-electron chi connectivity index (χ2n) is 4.48. The monoisotopic (exact) mass is 326 g/mol. The molecular formula is C13H18N4O2S2. The van der Waals surface area contributed by atoms with Gasteiger partial charge in [0, 0.05) is 6.54 Å². The highest BCUT2D eigenvalue weighted by Crippen LogP contribution is 2.14. The summed E-state index contributed by atoms with van der Waals surface area (Å²) in [5.41, 5.74) is 1.02. The summed E-state index contributed by atoms with van der Waals surface area (Å²) in [7, 11) is -3.54. The summed E-state index contributed by atoms with van der Waals surface area (Å²) in [5.74, 6) is 0.609. The number of aromatic nitrogens is 3. The van der Waals surface area contributed by atoms with E-state index in [0.29, 0.717) is 12.4 Å². The van der Waals surface area contributed by atoms with Crippen LogP contribution in [0.15, 0.2) is 34.3 Å². The molecule has 0 spiro atoms. The average molecular weight is 326 g/mol. The van der Waals surface area contributed by atoms with Crippen LogP contribution in [0.4, 0.5) is 0 Å². The fraction of sp³-hybridized carbons (Fsp3) is 0.385. The summed E-state index contributed by atoms with van der Waals surface area (Å²) < 4.78 is 28.9. The van der Waals surface area contributed by atoms with Crippen LogP contribution in [-0.4, -0.2) is 29.4 Å². The Kier molecular flexibility index (Phi) is 5.02. The SMILES string of the molecule is CCn1c(CNS(=O)(=O)c2ccc(C)cc2)nnc1SC. The molecule has 0 radical (unpaired) electrons. The summed E-state index contributed by atoms with van der Waals surface area (Å²) in [4.78, 5) is 0.251. The van der Waals surface area contributed by atoms with Crippen LogP contribution in [0.2, 0.25) is 0 Å². The Bertz CT molecular complexity index is 708. The van der Waals surface area contributed by atoms with Gasteiger partial charge in [0.25, 0.3) is 0 Å². The molecule has 0 unspecified atom stereocenters. The number of thioether (sulfide) groups is 1. The first kappa shape index (κ1) is 16.0. The topological polar surface area (TPSA) is 76.9 Å². The first-order valence-corrected chi connectivity index (χ1v) is 9.21. The Labute approximate surface area is 129 Å². The van der Waals surface area contributed by atoms with E-state index in [1.807, 2.05) is 24.7 Å². The van der Waals surface area contributed by atoms with Gasteiger partial charge in [-0.1, -0.05) is 29.5 Å². The molecule has 0 amide bonds. The molecule has 0 aliphatic heterocycles. The van der Waals surface area contributed by atoms with Gasteiger partial charge in [0.05, 0.1) is 11.4 Å². The molecule has 0 atom stereocenters. The molecule has 0 saturated carbocycles. The maximum atomic E-state index is 12.2. The molecule has 0 aliphatic carbocycles. The highest BCUT2D eigenvalue weighted by Gasteiger charge is 2.16. The molecule has 0 fully saturated rings. The van der Waals surface area contributed by atoms with Crippen molar-refractivity contribution in [1.29, 1.82) is 0 Å². The fourth-order valence-corrected chi connectivity index (χ4v) is 3.44. The van der Waals surface area contributed by atoms with Gasteiger partial charge in [0.2, 0.25) is 10.0 Å². The van der Waals surface area contributed by atoms with Crippen molar-refractivity contribution in [2.75, 3.05) is 6.26 Å². The summed E-state index contributed by atoms with van der Waals surface area (Å²) in [5, 5.41) is 8.85. The van der Waals surface area contributed by atoms with Gasteiger partial charge >= 0.3 is 0 Å². The third-order valence-electron chi connectivity index (χ3n) is 3.04. The number of nitrogens with one attached hydrogen (secondary N) is 1. The van der Waals surface area contributed by atoms with E-state index in [1.165, 1.54) is 11.8 Å². The Hall–Kier alpha value is -1.38. The van der Waals surface area contributed by atoms with E-state index in [4.69, 9.17) is 0 Å². The molecule has 21 heavy (non-hydrogen) atoms. The fourth-order valence-electron chi connectivity index (χ4n) is 1.88. The molecule has 6 nitrogen and oxygen atoms in total. The van der Waals surface area contributed by atoms with Crippen LogP contribution in [0.25, 0.3) is 0 Å². The number of nitrogens with zero attached hydrogens (tertiary/aromatic N) is 3. The third kappa shape index (κ3) is 3.63. The largest absolute Gasteiger partial charge is 0.305 e. The number of aryl methyl sites for hydroxylation is 1. The van der Waals surface area contributed by atoms with Gasteiger partial charge in [0.1, 0.15) is 5.82 Å². The van der Waals surface area contributed by atoms with Crippen molar-refractivity contribution in [3.63, 3.8) is 0 Å². The van der Waals surface area contributed by atoms with Gasteiger partial charge in [-0.15, -0.1) is 10.2 Å². The maximum absolute atomic E-state index is 12.2. The number of hydrogen-bond acceptors (Lipinski definition) is 5. The minimum absolute atomic E-state index is 0.123. The Morgan fingerprint density at radius 2 is 1.90 bits per heavy atom. The van der Waals surface area contributed by atoms with Gasteiger partial charge in [-0.25, -0.2) is 13.1 Å². The second kappa shape index (κ2) is 6.59. The summed E-state index contributed by atoms with van der Waals surface area (Å²) in [6, 6.07) is 6.73. The Morgan fingerprint density at radius 3 is 2.48 bits per heavy atom. The molecule has 2 rings (SSSR count). The smallest absolute Gasteiger partial charge is 0.240 e. The molecule has 1 heterocycles. The molecule has 2 aromatic rings. The van der Waals surface area contributed by atoms with Crippen molar-refractivity contribution in [3.8, 4) is 0 Å². The zero-order chi connectivity index (χ0) is 15.5. The first-order valence-electron chi connectivity index (χ1n) is 6.50. The lowest BCUT2D eigenvalue weighted by atomic mass is 10.2. The molecule has 0 aliphatic rings. The van der Waals surface area contributed by atoms with Gasteiger partial charge < -0.3 is 4.57 Å². The average Bonchev–Trinajstić information content (AvgIpc) is 2.87. The van der Waals surface area contributed by atoms with Crippen molar-refractivity contribution in [3.05, 3.63) is 35.7 Å². The lowest BCUT2D eigenvalue weighted by Crippen LogP contribution is -2.25. The first-order chi connectivity index (χ1) is 9.97. The lowest BCUT2D eigenvalue weighted by Gasteiger charge is -2.08. The summed E-state index contributed by atoms with van der Waals surface area (Å²) in [6.07, 6.45) is 1.91. The van der Waals surface area contributed by atoms with Crippen LogP contribution >= 0.6 is 11.8 Å². The van der Waals surface area contributed by atoms with Crippen LogP contribution < -0.4 is 4.72 Å². The van der Waals surface area contributed by atoms with E-state index in [-0.39, 0.29) is 11.4 Å². The van der Waals surface area contributed by atoms with Crippen LogP contribution in [0, 0.1) is 6.92 Å². The third-order valence-corrected chi connectivity index (χ3v) is 5.13. The zero-order valence-corrected chi connectivity index (χ0v) is 13.8. The standard InChI is InChI=1S/C13H18N4O2S2/c1-4-17-12(15-16-13(17)20-3)9-14-21(18,19)11-7-5-10(2)6-8-11/h5-8,14H,4,9H2,1-3H3. The van der Waals surface area contributed by atoms with E-state index in [2.05, 4.69) is 14.9 Å². The van der Waals surface area contributed by atoms with Crippen LogP contribution in [-0.2, 0) is 23.1 Å². The second-order valence-corrected chi connectivity index (χ2v) is 7.03. The van der Waals surface area contributed by atoms with Crippen LogP contribution in [0.5, 0.6) is 0 Å². The molecule has 1 aromatic carbocycles. The van der Waals surface area contributed by atoms with Crippen molar-refractivity contribution >= 4 is 21.8 Å². The van der Waals surface area contributed by atoms with Gasteiger partial charge in [-0.05, 0) is 32.2 Å². The maximum Gasteiger partial charge on any atom is 0.240 e. The minimum Gasteiger partial charge on any atom is -0.305 e. The van der Waals surface area contributed by atoms with Gasteiger partial charge in [0.15, 0.2) is 5.16 Å². The van der Waals surface area contributed by atoms with E-state index >= 15 is 0 Å². The minimum atomic E-state index is -3.54. The Morgan fingerprint density at radius 1 is 1.24 bits per heavy atom. The number of benzene rings is 1. The molecule has 8 heteroatoms. The van der Waals surface area contributed by atoms with E-state index in [1.54, 1.807) is 24.3 Å². The predicted molar refractivity (Wildman–Crippen MR) is 82.7 cm³/mol. The number of sulfonamides is 1. The molecule has 114 valence electrons. The zero-order valence-electron chi connectivity index (χ0n) is 12.2. The van der Waals surface area contributed by atoms with E-state index < -0.39 is 10.0 Å². The quantitative estimate of drug-likeness (QED) is 0.819. The van der Waals surface area contributed by atoms with Crippen molar-refractivity contribution in [2.45, 2.75) is 37.0 Å². The molecule has 1 aromatic heterocycles. The van der Waals surface area contributed by atoms with Crippen molar-refractivity contribution in [2.24, 2.45) is 0 Å². The normalized spacial score (nSPS) is 11.8. The van der Waals surface area contributed by atoms with E-state index in [9.17, 15) is 8.42 Å². The highest BCUT2D eigenvalue weighted by atomic mass is 32.2. The summed E-state index contributed by atoms with van der Waals surface area (Å²) >= 11 is 1.48. The number of rotatable bonds is 6. The number of hydrogen-bond donors (Lipinski definition) is 1. The van der Waals surface area contributed by atoms with Gasteiger partial charge in [-0.2, -0.15) is 0 Å². The molecule has 1 N–H and O–H groups in total. The molecule has 0 saturated heterocycles. The Balaban J connectivity index is 2.15. The lowest BCUT2D eigenvalue weighted by molar-refractivity contribution is 0.572. The van der Waals surface area contributed by atoms with Crippen LogP contribution in [0.1, 0.15) is 18.3 Å². The molecular weight excluding hydrogens is 308 g/mol. The molecule has 0 bridgehead atoms. The van der Waals surface area contributed by atoms with Crippen molar-refractivity contribution < 1.29 is 8.42 Å². The summed E-state index contributed by atoms with van der Waals surface area (Å²) in [6.45, 7) is 4.71. The van der Waals surface area contributed by atoms with E-state index in [0.717, 1.165) is 10.7 Å². The highest BCUT2D eigenvalue weighted by molar-refractivity contribution is 7.98. The van der Waals surface area contributed by atoms with Crippen molar-refractivity contribution in [1.82, 2.24) is 19.5 Å². The van der Waals surface area contributed by atoms with Crippen LogP contribution in [0.3, 0.4) is 0 Å². The predicted octanol–water partition coefficient (Wildman–Crippen LogP) is 1.81.